The molecule has 2 aromatic heterocycles. The summed E-state index contributed by atoms with van der Waals surface area (Å²) < 4.78 is 42.4. The van der Waals surface area contributed by atoms with E-state index in [1.165, 1.54) is 49.8 Å². The fourth-order valence-corrected chi connectivity index (χ4v) is 8.30. The van der Waals surface area contributed by atoms with Gasteiger partial charge in [0, 0.05) is 16.7 Å². The molecule has 11 heteroatoms. The van der Waals surface area contributed by atoms with Crippen LogP contribution in [0.5, 0.6) is 11.6 Å². The molecular weight excluding hydrogens is 663 g/mol. The number of aromatic nitrogens is 3. The summed E-state index contributed by atoms with van der Waals surface area (Å²) in [5.74, 6) is 1.05. The Morgan fingerprint density at radius 1 is 1.00 bits per heavy atom. The number of anilines is 1. The molecular formula is C40H49N5O5S. The number of hydrogen-bond donors (Lipinski definition) is 1. The molecule has 3 heterocycles. The van der Waals surface area contributed by atoms with Gasteiger partial charge in [-0.1, -0.05) is 77.1 Å². The summed E-state index contributed by atoms with van der Waals surface area (Å²) >= 11 is 0. The van der Waals surface area contributed by atoms with Crippen LogP contribution in [-0.2, 0) is 23.0 Å². The Bertz CT molecular complexity index is 1990. The predicted molar refractivity (Wildman–Crippen MR) is 198 cm³/mol. The number of carbonyl (C=O) groups is 1. The Hall–Kier alpha value is -4.51. The first-order valence-electron chi connectivity index (χ1n) is 17.8. The van der Waals surface area contributed by atoms with Gasteiger partial charge in [0.25, 0.3) is 15.9 Å². The highest BCUT2D eigenvalue weighted by Crippen LogP contribution is 2.37. The topological polar surface area (TPSA) is 124 Å². The molecule has 270 valence electrons. The van der Waals surface area contributed by atoms with Gasteiger partial charge in [-0.3, -0.25) is 9.78 Å². The van der Waals surface area contributed by atoms with E-state index in [0.717, 1.165) is 17.5 Å². The number of rotatable bonds is 7. The summed E-state index contributed by atoms with van der Waals surface area (Å²) in [7, 11) is -2.61. The van der Waals surface area contributed by atoms with Crippen LogP contribution in [0.4, 0.5) is 5.95 Å². The van der Waals surface area contributed by atoms with Gasteiger partial charge in [-0.2, -0.15) is 4.98 Å². The summed E-state index contributed by atoms with van der Waals surface area (Å²) in [6.45, 7) is 10.6. The van der Waals surface area contributed by atoms with E-state index in [1.54, 1.807) is 30.3 Å². The second-order valence-corrected chi connectivity index (χ2v) is 16.8. The van der Waals surface area contributed by atoms with E-state index >= 15 is 0 Å². The number of amides is 1. The van der Waals surface area contributed by atoms with Crippen molar-refractivity contribution in [1.29, 1.82) is 0 Å². The molecule has 51 heavy (non-hydrogen) atoms. The van der Waals surface area contributed by atoms with E-state index in [9.17, 15) is 13.2 Å². The van der Waals surface area contributed by atoms with Crippen molar-refractivity contribution in [2.75, 3.05) is 18.4 Å². The zero-order valence-electron chi connectivity index (χ0n) is 30.5. The summed E-state index contributed by atoms with van der Waals surface area (Å²) in [5.41, 5.74) is 5.26. The number of nitrogens with zero attached hydrogens (tertiary/aromatic N) is 4. The lowest BCUT2D eigenvalue weighted by atomic mass is 9.82. The predicted octanol–water partition coefficient (Wildman–Crippen LogP) is 7.93. The third-order valence-corrected chi connectivity index (χ3v) is 11.2. The molecule has 2 aliphatic rings. The highest BCUT2D eigenvalue weighted by atomic mass is 32.2. The second kappa shape index (κ2) is 15.0. The average molecular weight is 712 g/mol. The Labute approximate surface area is 302 Å². The number of hydrogen-bond acceptors (Lipinski definition) is 8. The quantitative estimate of drug-likeness (QED) is 0.205. The van der Waals surface area contributed by atoms with E-state index in [1.807, 2.05) is 19.1 Å². The molecule has 0 unspecified atom stereocenters. The zero-order valence-corrected chi connectivity index (χ0v) is 31.3. The van der Waals surface area contributed by atoms with Crippen LogP contribution in [0.3, 0.4) is 0 Å². The van der Waals surface area contributed by atoms with Crippen LogP contribution in [0.25, 0.3) is 11.3 Å². The minimum absolute atomic E-state index is 0.0652. The van der Waals surface area contributed by atoms with Crippen LogP contribution in [0.2, 0.25) is 0 Å². The van der Waals surface area contributed by atoms with Gasteiger partial charge in [0.15, 0.2) is 0 Å². The van der Waals surface area contributed by atoms with Gasteiger partial charge < -0.3 is 14.4 Å². The molecule has 1 atom stereocenters. The fourth-order valence-electron chi connectivity index (χ4n) is 7.31. The van der Waals surface area contributed by atoms with Crippen LogP contribution in [0.15, 0.2) is 65.7 Å². The number of ether oxygens (including phenoxy) is 2. The van der Waals surface area contributed by atoms with E-state index < -0.39 is 16.1 Å². The van der Waals surface area contributed by atoms with Crippen molar-refractivity contribution in [2.45, 2.75) is 97.0 Å². The maximum atomic E-state index is 14.5. The summed E-state index contributed by atoms with van der Waals surface area (Å²) in [5, 5.41) is 0. The van der Waals surface area contributed by atoms with Crippen LogP contribution < -0.4 is 14.2 Å². The Kier molecular flexibility index (Phi) is 10.7. The normalized spacial score (nSPS) is 18.1. The molecule has 0 saturated heterocycles. The highest BCUT2D eigenvalue weighted by molar-refractivity contribution is 7.92. The van der Waals surface area contributed by atoms with Crippen molar-refractivity contribution in [1.82, 2.24) is 19.9 Å². The molecule has 2 aromatic carbocycles. The number of aryl methyl sites for hydroxylation is 1. The van der Waals surface area contributed by atoms with Crippen molar-refractivity contribution in [3.63, 3.8) is 0 Å². The van der Waals surface area contributed by atoms with Crippen molar-refractivity contribution in [3.05, 3.63) is 88.7 Å². The third kappa shape index (κ3) is 8.52. The van der Waals surface area contributed by atoms with Crippen molar-refractivity contribution < 1.29 is 22.7 Å². The Balaban J connectivity index is 1.49. The van der Waals surface area contributed by atoms with E-state index in [-0.39, 0.29) is 46.8 Å². The van der Waals surface area contributed by atoms with Crippen LogP contribution in [0.1, 0.15) is 92.0 Å². The largest absolute Gasteiger partial charge is 0.495 e. The molecule has 1 amide bonds. The number of benzene rings is 2. The fraction of sp³-hybridized carbons (Fsp3) is 0.450. The van der Waals surface area contributed by atoms with Gasteiger partial charge in [0.1, 0.15) is 12.4 Å². The molecule has 1 aliphatic carbocycles. The number of fused-ring (bicyclic) bond motifs is 4. The van der Waals surface area contributed by atoms with Crippen molar-refractivity contribution in [3.8, 4) is 22.9 Å². The van der Waals surface area contributed by atoms with Gasteiger partial charge in [0.2, 0.25) is 11.8 Å². The van der Waals surface area contributed by atoms with Crippen LogP contribution >= 0.6 is 0 Å². The minimum Gasteiger partial charge on any atom is -0.495 e. The number of pyridine rings is 1. The monoisotopic (exact) mass is 711 g/mol. The van der Waals surface area contributed by atoms with Crippen LogP contribution in [-0.4, -0.2) is 53.9 Å². The molecule has 1 saturated carbocycles. The SMILES string of the molecule is COc1ccc(CN2C(=O)c3cccc(c3)S(=O)(=O)Nc3nc(c(C)c(-c4c(C)cccc4CC4CCCCC4)n3)OC[C@H]2CC(C)(C)C)nc1. The van der Waals surface area contributed by atoms with E-state index in [2.05, 4.69) is 60.6 Å². The lowest BCUT2D eigenvalue weighted by Crippen LogP contribution is -2.45. The van der Waals surface area contributed by atoms with Gasteiger partial charge in [-0.25, -0.2) is 18.1 Å². The molecule has 0 radical (unpaired) electrons. The molecule has 1 N–H and O–H groups in total. The molecule has 10 nitrogen and oxygen atoms in total. The highest BCUT2D eigenvalue weighted by Gasteiger charge is 2.32. The van der Waals surface area contributed by atoms with Gasteiger partial charge in [-0.15, -0.1) is 0 Å². The maximum Gasteiger partial charge on any atom is 0.264 e. The second-order valence-electron chi connectivity index (χ2n) is 15.1. The maximum absolute atomic E-state index is 14.5. The molecule has 1 aliphatic heterocycles. The number of methoxy groups -OCH3 is 1. The van der Waals surface area contributed by atoms with Crippen LogP contribution in [0, 0.1) is 25.2 Å². The standard InChI is InChI=1S/C40H49N5O5S/c1-26-12-10-15-29(20-28-13-8-7-9-14-28)35(26)36-27(2)37-43-39(42-36)44-51(47,48)34-17-11-16-30(21-34)38(46)45(32(25-50-37)22-40(3,4)5)24-31-18-19-33(49-6)23-41-31/h10-12,15-19,21,23,28,32H,7-9,13-14,20,22,24-25H2,1-6H3,(H,42,43,44)/t32-/m1/s1. The first kappa shape index (κ1) is 36.3. The summed E-state index contributed by atoms with van der Waals surface area (Å²) in [4.78, 5) is 30.2. The molecule has 0 spiro atoms. The lowest BCUT2D eigenvalue weighted by Gasteiger charge is -2.35. The molecule has 4 aromatic rings. The first-order chi connectivity index (χ1) is 24.3. The van der Waals surface area contributed by atoms with Gasteiger partial charge in [-0.05, 0) is 79.5 Å². The summed E-state index contributed by atoms with van der Waals surface area (Å²) in [6.07, 6.45) is 9.31. The number of nitrogens with one attached hydrogen (secondary N) is 1. The van der Waals surface area contributed by atoms with Crippen molar-refractivity contribution >= 4 is 21.9 Å². The van der Waals surface area contributed by atoms with E-state index in [4.69, 9.17) is 14.5 Å². The zero-order chi connectivity index (χ0) is 36.3. The summed E-state index contributed by atoms with van der Waals surface area (Å²) in [6, 6.07) is 15.6. The molecule has 1 fully saturated rings. The molecule has 4 bridgehead atoms. The molecule has 6 rings (SSSR count). The third-order valence-electron chi connectivity index (χ3n) is 9.88. The Morgan fingerprint density at radius 2 is 1.76 bits per heavy atom. The minimum atomic E-state index is -4.19. The first-order valence-corrected chi connectivity index (χ1v) is 19.3. The Morgan fingerprint density at radius 3 is 2.47 bits per heavy atom. The number of carbonyl (C=O) groups excluding carboxylic acids is 1. The average Bonchev–Trinajstić information content (AvgIpc) is 3.10. The van der Waals surface area contributed by atoms with Gasteiger partial charge >= 0.3 is 0 Å². The lowest BCUT2D eigenvalue weighted by molar-refractivity contribution is 0.0508. The van der Waals surface area contributed by atoms with E-state index in [0.29, 0.717) is 35.0 Å². The number of sulfonamides is 1. The van der Waals surface area contributed by atoms with Crippen molar-refractivity contribution in [2.24, 2.45) is 11.3 Å². The van der Waals surface area contributed by atoms with Gasteiger partial charge in [0.05, 0.1) is 42.2 Å². The smallest absolute Gasteiger partial charge is 0.264 e.